The molecular weight excluding hydrogens is 250 g/mol. The van der Waals surface area contributed by atoms with Crippen molar-refractivity contribution in [3.63, 3.8) is 0 Å². The number of nitrogens with zero attached hydrogens (tertiary/aromatic N) is 2. The highest BCUT2D eigenvalue weighted by atomic mass is 35.5. The summed E-state index contributed by atoms with van der Waals surface area (Å²) in [5, 5.41) is 13.3. The molecular formula is C13H16ClN3O. The summed E-state index contributed by atoms with van der Waals surface area (Å²) in [5.41, 5.74) is 0.774. The minimum Gasteiger partial charge on any atom is -0.508 e. The van der Waals surface area contributed by atoms with Gasteiger partial charge < -0.3 is 14.8 Å². The summed E-state index contributed by atoms with van der Waals surface area (Å²) in [6.07, 6.45) is 5.21. The summed E-state index contributed by atoms with van der Waals surface area (Å²) < 4.78 is 1.97. The van der Waals surface area contributed by atoms with E-state index < -0.39 is 0 Å². The Labute approximate surface area is 111 Å². The fourth-order valence-corrected chi connectivity index (χ4v) is 2.84. The highest BCUT2D eigenvalue weighted by Crippen LogP contribution is 2.24. The molecule has 96 valence electrons. The lowest BCUT2D eigenvalue weighted by Gasteiger charge is -2.21. The number of hydrogen-bond acceptors (Lipinski definition) is 3. The third kappa shape index (κ3) is 2.18. The van der Waals surface area contributed by atoms with Crippen molar-refractivity contribution in [2.24, 2.45) is 5.92 Å². The summed E-state index contributed by atoms with van der Waals surface area (Å²) in [4.78, 5) is 4.41. The van der Waals surface area contributed by atoms with Gasteiger partial charge in [-0.15, -0.1) is 0 Å². The van der Waals surface area contributed by atoms with E-state index in [1.54, 1.807) is 12.1 Å². The molecule has 0 amide bonds. The van der Waals surface area contributed by atoms with Crippen LogP contribution in [0.4, 0.5) is 0 Å². The molecule has 1 aliphatic heterocycles. The predicted molar refractivity (Wildman–Crippen MR) is 71.2 cm³/mol. The van der Waals surface area contributed by atoms with E-state index in [0.29, 0.717) is 11.1 Å². The topological polar surface area (TPSA) is 49.6 Å². The van der Waals surface area contributed by atoms with Gasteiger partial charge >= 0.3 is 0 Å². The van der Waals surface area contributed by atoms with E-state index in [4.69, 9.17) is 11.6 Å². The molecule has 4 nitrogen and oxygen atoms in total. The number of rotatable bonds is 2. The Hall–Kier alpha value is -1.26. The van der Waals surface area contributed by atoms with E-state index in [1.807, 2.05) is 10.6 Å². The van der Waals surface area contributed by atoms with Gasteiger partial charge in [0, 0.05) is 18.7 Å². The molecule has 0 spiro atoms. The minimum absolute atomic E-state index is 0.218. The van der Waals surface area contributed by atoms with Gasteiger partial charge in [0.2, 0.25) is 0 Å². The van der Waals surface area contributed by atoms with E-state index in [2.05, 4.69) is 10.3 Å². The molecule has 1 saturated heterocycles. The van der Waals surface area contributed by atoms with E-state index >= 15 is 0 Å². The zero-order valence-electron chi connectivity index (χ0n) is 10.1. The number of fused-ring (bicyclic) bond motifs is 1. The van der Waals surface area contributed by atoms with E-state index in [1.165, 1.54) is 12.8 Å². The second kappa shape index (κ2) is 4.78. The molecule has 0 saturated carbocycles. The zero-order chi connectivity index (χ0) is 12.5. The van der Waals surface area contributed by atoms with E-state index in [-0.39, 0.29) is 5.75 Å². The van der Waals surface area contributed by atoms with Crippen molar-refractivity contribution in [2.75, 3.05) is 13.1 Å². The Bertz CT molecular complexity index is 561. The maximum atomic E-state index is 9.48. The summed E-state index contributed by atoms with van der Waals surface area (Å²) >= 11 is 6.11. The third-order valence-electron chi connectivity index (χ3n) is 3.53. The average molecular weight is 266 g/mol. The molecule has 3 rings (SSSR count). The minimum atomic E-state index is 0.218. The van der Waals surface area contributed by atoms with Crippen LogP contribution in [0.5, 0.6) is 5.75 Å². The molecule has 3 heterocycles. The van der Waals surface area contributed by atoms with Crippen LogP contribution in [0.2, 0.25) is 5.15 Å². The first kappa shape index (κ1) is 11.8. The van der Waals surface area contributed by atoms with Gasteiger partial charge in [-0.25, -0.2) is 4.98 Å². The number of aromatic nitrogens is 2. The molecule has 2 aromatic heterocycles. The monoisotopic (exact) mass is 265 g/mol. The third-order valence-corrected chi connectivity index (χ3v) is 3.80. The number of nitrogens with one attached hydrogen (secondary N) is 1. The fraction of sp³-hybridized carbons (Fsp3) is 0.462. The first-order valence-electron chi connectivity index (χ1n) is 6.30. The van der Waals surface area contributed by atoms with Crippen molar-refractivity contribution in [1.29, 1.82) is 0 Å². The van der Waals surface area contributed by atoms with Crippen molar-refractivity contribution in [3.8, 4) is 5.75 Å². The van der Waals surface area contributed by atoms with Gasteiger partial charge in [0.1, 0.15) is 11.6 Å². The molecule has 0 aliphatic carbocycles. The predicted octanol–water partition coefficient (Wildman–Crippen LogP) is 2.24. The van der Waals surface area contributed by atoms with Crippen LogP contribution in [-0.2, 0) is 6.42 Å². The van der Waals surface area contributed by atoms with E-state index in [0.717, 1.165) is 30.9 Å². The summed E-state index contributed by atoms with van der Waals surface area (Å²) in [7, 11) is 0. The van der Waals surface area contributed by atoms with E-state index in [9.17, 15) is 5.11 Å². The SMILES string of the molecule is Oc1ccn2c(CC3CCCNC3)nc(Cl)c2c1. The van der Waals surface area contributed by atoms with Gasteiger partial charge in [0.15, 0.2) is 5.15 Å². The van der Waals surface area contributed by atoms with Crippen molar-refractivity contribution >= 4 is 17.1 Å². The normalized spacial score (nSPS) is 20.4. The molecule has 1 unspecified atom stereocenters. The summed E-state index contributed by atoms with van der Waals surface area (Å²) in [5.74, 6) is 1.81. The maximum absolute atomic E-state index is 9.48. The molecule has 1 fully saturated rings. The number of imidazole rings is 1. The largest absolute Gasteiger partial charge is 0.508 e. The van der Waals surface area contributed by atoms with Crippen molar-refractivity contribution < 1.29 is 5.11 Å². The van der Waals surface area contributed by atoms with Crippen molar-refractivity contribution in [1.82, 2.24) is 14.7 Å². The van der Waals surface area contributed by atoms with Gasteiger partial charge in [0.25, 0.3) is 0 Å². The molecule has 0 aromatic carbocycles. The van der Waals surface area contributed by atoms with Crippen LogP contribution in [0, 0.1) is 5.92 Å². The van der Waals surface area contributed by atoms with Crippen molar-refractivity contribution in [3.05, 3.63) is 29.3 Å². The number of hydrogen-bond donors (Lipinski definition) is 2. The fourth-order valence-electron chi connectivity index (χ4n) is 2.60. The molecule has 5 heteroatoms. The first-order chi connectivity index (χ1) is 8.74. The number of pyridine rings is 1. The Morgan fingerprint density at radius 1 is 1.56 bits per heavy atom. The van der Waals surface area contributed by atoms with Crippen LogP contribution < -0.4 is 5.32 Å². The zero-order valence-corrected chi connectivity index (χ0v) is 10.8. The molecule has 0 bridgehead atoms. The molecule has 1 aliphatic rings. The number of piperidine rings is 1. The smallest absolute Gasteiger partial charge is 0.155 e. The summed E-state index contributed by atoms with van der Waals surface area (Å²) in [6.45, 7) is 2.16. The molecule has 0 radical (unpaired) electrons. The molecule has 2 N–H and O–H groups in total. The standard InChI is InChI=1S/C13H16ClN3O/c14-13-11-7-10(18)3-5-17(11)12(16-13)6-9-2-1-4-15-8-9/h3,5,7,9,15,18H,1-2,4,6,8H2. The quantitative estimate of drug-likeness (QED) is 0.876. The summed E-state index contributed by atoms with van der Waals surface area (Å²) in [6, 6.07) is 3.31. The number of aromatic hydroxyl groups is 1. The molecule has 18 heavy (non-hydrogen) atoms. The second-order valence-corrected chi connectivity index (χ2v) is 5.23. The van der Waals surface area contributed by atoms with Crippen LogP contribution in [0.3, 0.4) is 0 Å². The van der Waals surface area contributed by atoms with Gasteiger partial charge in [-0.1, -0.05) is 11.6 Å². The lowest BCUT2D eigenvalue weighted by molar-refractivity contribution is 0.370. The lowest BCUT2D eigenvalue weighted by Crippen LogP contribution is -2.31. The maximum Gasteiger partial charge on any atom is 0.155 e. The Morgan fingerprint density at radius 3 is 3.22 bits per heavy atom. The van der Waals surface area contributed by atoms with Crippen LogP contribution in [-0.4, -0.2) is 27.6 Å². The Balaban J connectivity index is 1.91. The molecule has 1 atom stereocenters. The van der Waals surface area contributed by atoms with Crippen LogP contribution in [0.1, 0.15) is 18.7 Å². The first-order valence-corrected chi connectivity index (χ1v) is 6.68. The van der Waals surface area contributed by atoms with Gasteiger partial charge in [-0.3, -0.25) is 0 Å². The molecule has 2 aromatic rings. The Kier molecular flexibility index (Phi) is 3.14. The number of halogens is 1. The van der Waals surface area contributed by atoms with Gasteiger partial charge in [-0.2, -0.15) is 0 Å². The highest BCUT2D eigenvalue weighted by Gasteiger charge is 2.17. The second-order valence-electron chi connectivity index (χ2n) is 4.88. The van der Waals surface area contributed by atoms with Crippen LogP contribution in [0.25, 0.3) is 5.52 Å². The average Bonchev–Trinajstić information content (AvgIpc) is 2.67. The lowest BCUT2D eigenvalue weighted by atomic mass is 9.96. The van der Waals surface area contributed by atoms with Crippen molar-refractivity contribution in [2.45, 2.75) is 19.3 Å². The highest BCUT2D eigenvalue weighted by molar-refractivity contribution is 6.32. The van der Waals surface area contributed by atoms with Crippen LogP contribution in [0.15, 0.2) is 18.3 Å². The van der Waals surface area contributed by atoms with Crippen LogP contribution >= 0.6 is 11.6 Å². The van der Waals surface area contributed by atoms with Gasteiger partial charge in [0.05, 0.1) is 5.52 Å². The Morgan fingerprint density at radius 2 is 2.44 bits per heavy atom. The van der Waals surface area contributed by atoms with Gasteiger partial charge in [-0.05, 0) is 37.9 Å².